The molecule has 4 heteroatoms. The van der Waals surface area contributed by atoms with Crippen molar-refractivity contribution in [1.29, 1.82) is 5.26 Å². The lowest BCUT2D eigenvalue weighted by atomic mass is 10.0. The number of anilines is 2. The molecule has 1 saturated heterocycles. The van der Waals surface area contributed by atoms with Gasteiger partial charge in [0, 0.05) is 30.0 Å². The van der Waals surface area contributed by atoms with Crippen LogP contribution < -0.4 is 10.2 Å². The average molecular weight is 319 g/mol. The second-order valence-corrected chi connectivity index (χ2v) is 6.04. The Hall–Kier alpha value is -2.80. The Morgan fingerprint density at radius 2 is 1.75 bits per heavy atom. The van der Waals surface area contributed by atoms with Crippen molar-refractivity contribution in [3.8, 4) is 6.07 Å². The molecule has 1 N–H and O–H groups in total. The van der Waals surface area contributed by atoms with Crippen LogP contribution in [-0.4, -0.2) is 19.0 Å². The predicted octanol–water partition coefficient (Wildman–Crippen LogP) is 4.00. The summed E-state index contributed by atoms with van der Waals surface area (Å²) in [5.74, 6) is -0.174. The maximum absolute atomic E-state index is 12.5. The van der Waals surface area contributed by atoms with Crippen LogP contribution in [0.5, 0.6) is 0 Å². The Bertz CT molecular complexity index is 740. The molecule has 0 radical (unpaired) electrons. The molecule has 4 nitrogen and oxygen atoms in total. The lowest BCUT2D eigenvalue weighted by molar-refractivity contribution is 0.102. The molecule has 3 rings (SSSR count). The van der Waals surface area contributed by atoms with Gasteiger partial charge in [-0.15, -0.1) is 0 Å². The molecule has 0 saturated carbocycles. The fraction of sp³-hybridized carbons (Fsp3) is 0.300. The minimum absolute atomic E-state index is 0.174. The number of amides is 1. The molecule has 0 spiro atoms. The molecule has 1 aliphatic heterocycles. The van der Waals surface area contributed by atoms with Crippen molar-refractivity contribution in [2.75, 3.05) is 23.3 Å². The molecule has 0 aliphatic carbocycles. The van der Waals surface area contributed by atoms with E-state index in [2.05, 4.69) is 28.4 Å². The van der Waals surface area contributed by atoms with Crippen molar-refractivity contribution >= 4 is 17.3 Å². The predicted molar refractivity (Wildman–Crippen MR) is 96.2 cm³/mol. The van der Waals surface area contributed by atoms with Crippen LogP contribution in [0.1, 0.15) is 35.2 Å². The van der Waals surface area contributed by atoms with Gasteiger partial charge in [0.2, 0.25) is 0 Å². The second-order valence-electron chi connectivity index (χ2n) is 6.04. The highest BCUT2D eigenvalue weighted by Gasteiger charge is 2.13. The summed E-state index contributed by atoms with van der Waals surface area (Å²) in [6.45, 7) is 2.21. The summed E-state index contributed by atoms with van der Waals surface area (Å²) in [6, 6.07) is 17.3. The summed E-state index contributed by atoms with van der Waals surface area (Å²) < 4.78 is 0. The van der Waals surface area contributed by atoms with E-state index in [0.717, 1.165) is 24.3 Å². The first kappa shape index (κ1) is 16.1. The minimum atomic E-state index is -0.174. The molecule has 24 heavy (non-hydrogen) atoms. The molecule has 1 fully saturated rings. The summed E-state index contributed by atoms with van der Waals surface area (Å²) in [5, 5.41) is 11.8. The van der Waals surface area contributed by atoms with Gasteiger partial charge in [0.25, 0.3) is 5.91 Å². The quantitative estimate of drug-likeness (QED) is 0.927. The molecular formula is C20H21N3O. The summed E-state index contributed by atoms with van der Waals surface area (Å²) in [6.07, 6.45) is 4.03. The number of nitrogens with one attached hydrogen (secondary N) is 1. The molecule has 2 aromatic carbocycles. The zero-order valence-corrected chi connectivity index (χ0v) is 13.7. The monoisotopic (exact) mass is 319 g/mol. The van der Waals surface area contributed by atoms with Gasteiger partial charge in [0.15, 0.2) is 0 Å². The van der Waals surface area contributed by atoms with E-state index in [0.29, 0.717) is 5.56 Å². The third-order valence-electron chi connectivity index (χ3n) is 4.38. The van der Waals surface area contributed by atoms with Gasteiger partial charge in [-0.25, -0.2) is 0 Å². The van der Waals surface area contributed by atoms with Crippen molar-refractivity contribution < 1.29 is 4.79 Å². The number of hydrogen-bond acceptors (Lipinski definition) is 3. The largest absolute Gasteiger partial charge is 0.372 e. The third kappa shape index (κ3) is 3.75. The van der Waals surface area contributed by atoms with Crippen molar-refractivity contribution in [3.05, 3.63) is 59.7 Å². The smallest absolute Gasteiger partial charge is 0.255 e. The lowest BCUT2D eigenvalue weighted by Gasteiger charge is -2.28. The highest BCUT2D eigenvalue weighted by atomic mass is 16.1. The van der Waals surface area contributed by atoms with Crippen molar-refractivity contribution in [2.45, 2.75) is 25.7 Å². The topological polar surface area (TPSA) is 56.1 Å². The van der Waals surface area contributed by atoms with E-state index in [1.807, 2.05) is 30.3 Å². The molecule has 1 aliphatic rings. The maximum atomic E-state index is 12.5. The first-order valence-corrected chi connectivity index (χ1v) is 8.39. The number of nitriles is 1. The van der Waals surface area contributed by atoms with Gasteiger partial charge in [0.1, 0.15) is 0 Å². The van der Waals surface area contributed by atoms with Gasteiger partial charge < -0.3 is 10.2 Å². The van der Waals surface area contributed by atoms with E-state index in [-0.39, 0.29) is 12.3 Å². The van der Waals surface area contributed by atoms with Gasteiger partial charge in [-0.3, -0.25) is 4.79 Å². The van der Waals surface area contributed by atoms with E-state index >= 15 is 0 Å². The second kappa shape index (κ2) is 7.65. The van der Waals surface area contributed by atoms with Crippen LogP contribution in [0, 0.1) is 11.3 Å². The standard InChI is InChI=1S/C20H21N3O/c21-13-12-16-6-2-3-7-19(16)20(24)22-17-8-10-18(11-9-17)23-14-4-1-5-15-23/h2-3,6-11H,1,4-5,12,14-15H2,(H,22,24). The van der Waals surface area contributed by atoms with Gasteiger partial charge >= 0.3 is 0 Å². The average Bonchev–Trinajstić information content (AvgIpc) is 2.64. The minimum Gasteiger partial charge on any atom is -0.372 e. The summed E-state index contributed by atoms with van der Waals surface area (Å²) in [5.41, 5.74) is 3.28. The van der Waals surface area contributed by atoms with E-state index in [4.69, 9.17) is 5.26 Å². The van der Waals surface area contributed by atoms with E-state index in [1.54, 1.807) is 6.07 Å². The molecule has 1 amide bonds. The molecule has 0 bridgehead atoms. The lowest BCUT2D eigenvalue weighted by Crippen LogP contribution is -2.29. The third-order valence-corrected chi connectivity index (χ3v) is 4.38. The van der Waals surface area contributed by atoms with E-state index in [9.17, 15) is 4.79 Å². The molecule has 0 unspecified atom stereocenters. The van der Waals surface area contributed by atoms with Crippen LogP contribution in [0.3, 0.4) is 0 Å². The van der Waals surface area contributed by atoms with Crippen molar-refractivity contribution in [2.24, 2.45) is 0 Å². The molecule has 0 aromatic heterocycles. The number of rotatable bonds is 4. The highest BCUT2D eigenvalue weighted by Crippen LogP contribution is 2.22. The number of nitrogens with zero attached hydrogens (tertiary/aromatic N) is 2. The van der Waals surface area contributed by atoms with Crippen LogP contribution in [0.2, 0.25) is 0 Å². The summed E-state index contributed by atoms with van der Waals surface area (Å²) in [4.78, 5) is 14.9. The first-order chi connectivity index (χ1) is 11.8. The van der Waals surface area contributed by atoms with Crippen molar-refractivity contribution in [3.63, 3.8) is 0 Å². The molecule has 2 aromatic rings. The van der Waals surface area contributed by atoms with Crippen LogP contribution in [0.15, 0.2) is 48.5 Å². The molecule has 0 atom stereocenters. The number of hydrogen-bond donors (Lipinski definition) is 1. The zero-order valence-electron chi connectivity index (χ0n) is 13.7. The van der Waals surface area contributed by atoms with Crippen LogP contribution in [0.4, 0.5) is 11.4 Å². The van der Waals surface area contributed by atoms with Gasteiger partial charge in [-0.05, 0) is 55.2 Å². The van der Waals surface area contributed by atoms with Crippen LogP contribution in [-0.2, 0) is 6.42 Å². The van der Waals surface area contributed by atoms with Crippen LogP contribution >= 0.6 is 0 Å². The Labute approximate surface area is 142 Å². The van der Waals surface area contributed by atoms with Gasteiger partial charge in [0.05, 0.1) is 12.5 Å². The summed E-state index contributed by atoms with van der Waals surface area (Å²) >= 11 is 0. The highest BCUT2D eigenvalue weighted by molar-refractivity contribution is 6.05. The Morgan fingerprint density at radius 1 is 1.04 bits per heavy atom. The number of carbonyl (C=O) groups excluding carboxylic acids is 1. The zero-order chi connectivity index (χ0) is 16.8. The van der Waals surface area contributed by atoms with Crippen LogP contribution in [0.25, 0.3) is 0 Å². The SMILES string of the molecule is N#CCc1ccccc1C(=O)Nc1ccc(N2CCCCC2)cc1. The normalized spacial score (nSPS) is 14.0. The summed E-state index contributed by atoms with van der Waals surface area (Å²) in [7, 11) is 0. The maximum Gasteiger partial charge on any atom is 0.255 e. The molecule has 122 valence electrons. The number of carbonyl (C=O) groups is 1. The fourth-order valence-corrected chi connectivity index (χ4v) is 3.09. The first-order valence-electron chi connectivity index (χ1n) is 8.39. The van der Waals surface area contributed by atoms with Gasteiger partial charge in [-0.2, -0.15) is 5.26 Å². The Balaban J connectivity index is 1.70. The van der Waals surface area contributed by atoms with E-state index < -0.39 is 0 Å². The molecular weight excluding hydrogens is 298 g/mol. The Morgan fingerprint density at radius 3 is 2.46 bits per heavy atom. The van der Waals surface area contributed by atoms with Gasteiger partial charge in [-0.1, -0.05) is 18.2 Å². The molecule has 1 heterocycles. The number of benzene rings is 2. The van der Waals surface area contributed by atoms with Crippen molar-refractivity contribution in [1.82, 2.24) is 0 Å². The number of piperidine rings is 1. The Kier molecular flexibility index (Phi) is 5.12. The fourth-order valence-electron chi connectivity index (χ4n) is 3.09. The van der Waals surface area contributed by atoms with E-state index in [1.165, 1.54) is 24.9 Å².